The predicted octanol–water partition coefficient (Wildman–Crippen LogP) is 1.80. The van der Waals surface area contributed by atoms with Crippen molar-refractivity contribution in [2.75, 3.05) is 44.3 Å². The average Bonchev–Trinajstić information content (AvgIpc) is 2.39. The molecular formula is C15H25N3O2. The Morgan fingerprint density at radius 3 is 3.00 bits per heavy atom. The Hall–Kier alpha value is -1.46. The highest BCUT2D eigenvalue weighted by atomic mass is 16.5. The number of hydrogen-bond donors (Lipinski definition) is 2. The van der Waals surface area contributed by atoms with E-state index >= 15 is 0 Å². The number of nitrogens with zero attached hydrogens (tertiary/aromatic N) is 1. The van der Waals surface area contributed by atoms with Crippen LogP contribution in [-0.4, -0.2) is 50.4 Å². The first-order valence-electron chi connectivity index (χ1n) is 7.15. The number of likely N-dealkylation sites (N-methyl/N-ethyl adjacent to an activating group) is 1. The number of nitrogens with two attached hydrogens (primary N) is 1. The molecule has 0 aliphatic carbocycles. The van der Waals surface area contributed by atoms with Crippen LogP contribution in [0.1, 0.15) is 13.8 Å². The van der Waals surface area contributed by atoms with Crippen LogP contribution in [0, 0.1) is 0 Å². The maximum absolute atomic E-state index is 6.14. The first kappa shape index (κ1) is 14.9. The average molecular weight is 279 g/mol. The van der Waals surface area contributed by atoms with Crippen LogP contribution in [0.3, 0.4) is 0 Å². The Morgan fingerprint density at radius 1 is 1.50 bits per heavy atom. The number of nitrogens with one attached hydrogen (secondary N) is 1. The molecular weight excluding hydrogens is 254 g/mol. The van der Waals surface area contributed by atoms with Crippen molar-refractivity contribution >= 4 is 11.4 Å². The largest absolute Gasteiger partial charge is 0.489 e. The van der Waals surface area contributed by atoms with Crippen molar-refractivity contribution in [2.45, 2.75) is 26.1 Å². The van der Waals surface area contributed by atoms with E-state index in [0.717, 1.165) is 37.7 Å². The Kier molecular flexibility index (Phi) is 5.09. The van der Waals surface area contributed by atoms with Crippen molar-refractivity contribution in [1.29, 1.82) is 0 Å². The van der Waals surface area contributed by atoms with Gasteiger partial charge in [0.2, 0.25) is 0 Å². The zero-order valence-electron chi connectivity index (χ0n) is 12.6. The zero-order chi connectivity index (χ0) is 14.5. The minimum atomic E-state index is 0.114. The molecule has 0 radical (unpaired) electrons. The van der Waals surface area contributed by atoms with Crippen LogP contribution in [0.25, 0.3) is 0 Å². The molecule has 20 heavy (non-hydrogen) atoms. The van der Waals surface area contributed by atoms with Crippen molar-refractivity contribution < 1.29 is 9.47 Å². The molecule has 0 saturated carbocycles. The predicted molar refractivity (Wildman–Crippen MR) is 82.3 cm³/mol. The van der Waals surface area contributed by atoms with E-state index in [-0.39, 0.29) is 12.2 Å². The van der Waals surface area contributed by atoms with Crippen LogP contribution >= 0.6 is 0 Å². The van der Waals surface area contributed by atoms with Gasteiger partial charge in [-0.15, -0.1) is 0 Å². The first-order chi connectivity index (χ1) is 9.56. The fourth-order valence-corrected chi connectivity index (χ4v) is 2.27. The number of morpholine rings is 1. The molecule has 1 aliphatic heterocycles. The van der Waals surface area contributed by atoms with Gasteiger partial charge in [0.1, 0.15) is 5.75 Å². The van der Waals surface area contributed by atoms with Gasteiger partial charge < -0.3 is 25.4 Å². The van der Waals surface area contributed by atoms with E-state index in [9.17, 15) is 0 Å². The lowest BCUT2D eigenvalue weighted by Gasteiger charge is -2.30. The Labute approximate surface area is 121 Å². The van der Waals surface area contributed by atoms with E-state index in [1.54, 1.807) is 0 Å². The molecule has 5 heteroatoms. The van der Waals surface area contributed by atoms with E-state index < -0.39 is 0 Å². The van der Waals surface area contributed by atoms with Crippen LogP contribution < -0.4 is 15.8 Å². The summed E-state index contributed by atoms with van der Waals surface area (Å²) in [5.74, 6) is 0.728. The summed E-state index contributed by atoms with van der Waals surface area (Å²) in [5, 5.41) is 3.36. The van der Waals surface area contributed by atoms with Crippen LogP contribution in [-0.2, 0) is 4.74 Å². The second kappa shape index (κ2) is 6.81. The lowest BCUT2D eigenvalue weighted by atomic mass is 10.2. The van der Waals surface area contributed by atoms with E-state index in [1.165, 1.54) is 0 Å². The quantitative estimate of drug-likeness (QED) is 0.805. The van der Waals surface area contributed by atoms with Crippen LogP contribution in [0.15, 0.2) is 18.2 Å². The molecule has 112 valence electrons. The summed E-state index contributed by atoms with van der Waals surface area (Å²) in [5.41, 5.74) is 7.70. The summed E-state index contributed by atoms with van der Waals surface area (Å²) in [6.07, 6.45) is 0.311. The van der Waals surface area contributed by atoms with Crippen molar-refractivity contribution in [3.8, 4) is 5.75 Å². The molecule has 5 nitrogen and oxygen atoms in total. The van der Waals surface area contributed by atoms with Gasteiger partial charge in [-0.3, -0.25) is 0 Å². The molecule has 1 heterocycles. The second-order valence-electron chi connectivity index (χ2n) is 5.52. The van der Waals surface area contributed by atoms with Gasteiger partial charge in [-0.1, -0.05) is 6.07 Å². The highest BCUT2D eigenvalue weighted by molar-refractivity contribution is 5.72. The van der Waals surface area contributed by atoms with E-state index in [1.807, 2.05) is 32.0 Å². The summed E-state index contributed by atoms with van der Waals surface area (Å²) in [7, 11) is 2.11. The zero-order valence-corrected chi connectivity index (χ0v) is 12.6. The number of anilines is 2. The summed E-state index contributed by atoms with van der Waals surface area (Å²) in [6.45, 7) is 7.45. The Balaban J connectivity index is 1.95. The van der Waals surface area contributed by atoms with Gasteiger partial charge >= 0.3 is 0 Å². The number of hydrogen-bond acceptors (Lipinski definition) is 5. The second-order valence-corrected chi connectivity index (χ2v) is 5.52. The molecule has 1 aliphatic rings. The topological polar surface area (TPSA) is 59.8 Å². The SMILES string of the molecule is CC(C)Oc1cccc(NCC2CN(C)CCO2)c1N. The third-order valence-electron chi connectivity index (χ3n) is 3.29. The van der Waals surface area contributed by atoms with Gasteiger partial charge in [-0.25, -0.2) is 0 Å². The molecule has 0 amide bonds. The highest BCUT2D eigenvalue weighted by Gasteiger charge is 2.18. The lowest BCUT2D eigenvalue weighted by molar-refractivity contribution is -0.0117. The standard InChI is InChI=1S/C15H25N3O2/c1-11(2)20-14-6-4-5-13(15(14)16)17-9-12-10-18(3)7-8-19-12/h4-6,11-12,17H,7-10,16H2,1-3H3. The van der Waals surface area contributed by atoms with E-state index in [2.05, 4.69) is 17.3 Å². The van der Waals surface area contributed by atoms with Gasteiger partial charge in [-0.2, -0.15) is 0 Å². The molecule has 0 spiro atoms. The highest BCUT2D eigenvalue weighted by Crippen LogP contribution is 2.30. The van der Waals surface area contributed by atoms with Gasteiger partial charge in [0.05, 0.1) is 30.2 Å². The molecule has 1 unspecified atom stereocenters. The van der Waals surface area contributed by atoms with Crippen molar-refractivity contribution in [2.24, 2.45) is 0 Å². The minimum Gasteiger partial charge on any atom is -0.489 e. The summed E-state index contributed by atoms with van der Waals surface area (Å²) in [6, 6.07) is 5.81. The van der Waals surface area contributed by atoms with Gasteiger partial charge in [0.15, 0.2) is 0 Å². The third-order valence-corrected chi connectivity index (χ3v) is 3.29. The normalized spacial score (nSPS) is 20.1. The van der Waals surface area contributed by atoms with Gasteiger partial charge in [0.25, 0.3) is 0 Å². The van der Waals surface area contributed by atoms with Gasteiger partial charge in [0, 0.05) is 19.6 Å². The third kappa shape index (κ3) is 4.02. The maximum atomic E-state index is 6.14. The minimum absolute atomic E-state index is 0.114. The van der Waals surface area contributed by atoms with Gasteiger partial charge in [-0.05, 0) is 33.0 Å². The summed E-state index contributed by atoms with van der Waals surface area (Å²) < 4.78 is 11.4. The van der Waals surface area contributed by atoms with Crippen LogP contribution in [0.5, 0.6) is 5.75 Å². The molecule has 1 atom stereocenters. The Morgan fingerprint density at radius 2 is 2.30 bits per heavy atom. The summed E-state index contributed by atoms with van der Waals surface area (Å²) >= 11 is 0. The van der Waals surface area contributed by atoms with E-state index in [4.69, 9.17) is 15.2 Å². The van der Waals surface area contributed by atoms with Crippen molar-refractivity contribution in [1.82, 2.24) is 4.90 Å². The number of nitrogen functional groups attached to an aromatic ring is 1. The monoisotopic (exact) mass is 279 g/mol. The molecule has 1 aromatic rings. The maximum Gasteiger partial charge on any atom is 0.144 e. The fourth-order valence-electron chi connectivity index (χ4n) is 2.27. The molecule has 1 fully saturated rings. The fraction of sp³-hybridized carbons (Fsp3) is 0.600. The molecule has 1 saturated heterocycles. The van der Waals surface area contributed by atoms with Crippen LogP contribution in [0.2, 0.25) is 0 Å². The first-order valence-corrected chi connectivity index (χ1v) is 7.15. The summed E-state index contributed by atoms with van der Waals surface area (Å²) in [4.78, 5) is 2.28. The number of ether oxygens (including phenoxy) is 2. The van der Waals surface area contributed by atoms with E-state index in [0.29, 0.717) is 5.69 Å². The molecule has 0 aromatic heterocycles. The lowest BCUT2D eigenvalue weighted by Crippen LogP contribution is -2.43. The molecule has 2 rings (SSSR count). The molecule has 0 bridgehead atoms. The number of benzene rings is 1. The molecule has 1 aromatic carbocycles. The Bertz CT molecular complexity index is 437. The smallest absolute Gasteiger partial charge is 0.144 e. The van der Waals surface area contributed by atoms with Crippen LogP contribution in [0.4, 0.5) is 11.4 Å². The number of rotatable bonds is 5. The van der Waals surface area contributed by atoms with Crippen molar-refractivity contribution in [3.05, 3.63) is 18.2 Å². The number of para-hydroxylation sites is 1. The molecule has 3 N–H and O–H groups in total. The van der Waals surface area contributed by atoms with Crippen molar-refractivity contribution in [3.63, 3.8) is 0 Å².